The summed E-state index contributed by atoms with van der Waals surface area (Å²) < 4.78 is 9.90. The third-order valence-corrected chi connectivity index (χ3v) is 1.47. The number of carbonyl (C=O) groups is 1. The number of hydrogen-bond acceptors (Lipinski definition) is 4. The second kappa shape index (κ2) is 4.29. The Hall–Kier alpha value is -1.58. The minimum absolute atomic E-state index is 0.384. The number of aromatic nitrogens is 1. The zero-order valence-electron chi connectivity index (χ0n) is 9.40. The summed E-state index contributed by atoms with van der Waals surface area (Å²) in [6.45, 7) is 7.20. The molecule has 0 spiro atoms. The van der Waals surface area contributed by atoms with Crippen molar-refractivity contribution in [2.24, 2.45) is 0 Å². The summed E-state index contributed by atoms with van der Waals surface area (Å²) in [6, 6.07) is 3.44. The summed E-state index contributed by atoms with van der Waals surface area (Å²) in [5.41, 5.74) is 0.321. The fraction of sp³-hybridized carbons (Fsp3) is 0.455. The van der Waals surface area contributed by atoms with Crippen molar-refractivity contribution < 1.29 is 14.3 Å². The van der Waals surface area contributed by atoms with Crippen molar-refractivity contribution in [3.63, 3.8) is 0 Å². The van der Waals surface area contributed by atoms with E-state index in [1.807, 2.05) is 6.92 Å². The van der Waals surface area contributed by atoms with E-state index >= 15 is 0 Å². The Morgan fingerprint density at radius 3 is 2.47 bits per heavy atom. The lowest BCUT2D eigenvalue weighted by molar-refractivity contribution is 0.0205. The summed E-state index contributed by atoms with van der Waals surface area (Å²) in [5, 5.41) is 0. The Labute approximate surface area is 89.2 Å². The van der Waals surface area contributed by atoms with Gasteiger partial charge in [0.25, 0.3) is 0 Å². The van der Waals surface area contributed by atoms with Gasteiger partial charge in [-0.3, -0.25) is 4.98 Å². The SMILES string of the molecule is Cc1ccc(OC(=O)OC(C)(C)C)cn1. The molecule has 1 rings (SSSR count). The Balaban J connectivity index is 2.55. The quantitative estimate of drug-likeness (QED) is 0.667. The maximum Gasteiger partial charge on any atom is 0.514 e. The molecule has 0 unspecified atom stereocenters. The lowest BCUT2D eigenvalue weighted by Crippen LogP contribution is -2.26. The number of ether oxygens (including phenoxy) is 2. The fourth-order valence-corrected chi connectivity index (χ4v) is 0.882. The Kier molecular flexibility index (Phi) is 3.29. The molecule has 0 bridgehead atoms. The van der Waals surface area contributed by atoms with Crippen molar-refractivity contribution in [1.82, 2.24) is 4.98 Å². The Morgan fingerprint density at radius 1 is 1.33 bits per heavy atom. The number of aryl methyl sites for hydroxylation is 1. The third-order valence-electron chi connectivity index (χ3n) is 1.47. The van der Waals surface area contributed by atoms with Crippen molar-refractivity contribution >= 4 is 6.16 Å². The van der Waals surface area contributed by atoms with Gasteiger partial charge in [0.2, 0.25) is 0 Å². The highest BCUT2D eigenvalue weighted by molar-refractivity contribution is 5.64. The van der Waals surface area contributed by atoms with E-state index in [0.29, 0.717) is 5.75 Å². The van der Waals surface area contributed by atoms with E-state index < -0.39 is 11.8 Å². The van der Waals surface area contributed by atoms with Crippen molar-refractivity contribution in [3.05, 3.63) is 24.0 Å². The summed E-state index contributed by atoms with van der Waals surface area (Å²) >= 11 is 0. The molecule has 0 aliphatic heterocycles. The van der Waals surface area contributed by atoms with Crippen LogP contribution >= 0.6 is 0 Å². The van der Waals surface area contributed by atoms with Gasteiger partial charge in [-0.15, -0.1) is 0 Å². The van der Waals surface area contributed by atoms with E-state index in [4.69, 9.17) is 9.47 Å². The van der Waals surface area contributed by atoms with Gasteiger partial charge in [-0.2, -0.15) is 0 Å². The highest BCUT2D eigenvalue weighted by Gasteiger charge is 2.17. The molecule has 0 aliphatic rings. The minimum Gasteiger partial charge on any atom is -0.428 e. The van der Waals surface area contributed by atoms with Crippen LogP contribution in [-0.2, 0) is 4.74 Å². The Morgan fingerprint density at radius 2 is 2.00 bits per heavy atom. The average molecular weight is 209 g/mol. The molecule has 0 radical (unpaired) electrons. The molecule has 1 aromatic heterocycles. The molecule has 0 fully saturated rings. The first-order valence-corrected chi connectivity index (χ1v) is 4.70. The van der Waals surface area contributed by atoms with Crippen LogP contribution in [0.15, 0.2) is 18.3 Å². The number of hydrogen-bond donors (Lipinski definition) is 0. The van der Waals surface area contributed by atoms with Crippen LogP contribution in [0.5, 0.6) is 5.75 Å². The fourth-order valence-electron chi connectivity index (χ4n) is 0.882. The molecule has 0 aliphatic carbocycles. The summed E-state index contributed by atoms with van der Waals surface area (Å²) in [6.07, 6.45) is 0.771. The second-order valence-corrected chi connectivity index (χ2v) is 4.20. The van der Waals surface area contributed by atoms with Gasteiger partial charge in [0.1, 0.15) is 5.60 Å². The first kappa shape index (κ1) is 11.5. The second-order valence-electron chi connectivity index (χ2n) is 4.20. The normalized spacial score (nSPS) is 10.9. The van der Waals surface area contributed by atoms with Crippen LogP contribution in [-0.4, -0.2) is 16.7 Å². The number of pyridine rings is 1. The van der Waals surface area contributed by atoms with Gasteiger partial charge in [0, 0.05) is 5.69 Å². The van der Waals surface area contributed by atoms with Gasteiger partial charge in [-0.05, 0) is 39.8 Å². The summed E-state index contributed by atoms with van der Waals surface area (Å²) in [5.74, 6) is 0.384. The molecule has 1 aromatic rings. The third kappa shape index (κ3) is 4.44. The smallest absolute Gasteiger partial charge is 0.428 e. The van der Waals surface area contributed by atoms with Crippen molar-refractivity contribution in [2.45, 2.75) is 33.3 Å². The molecule has 0 saturated carbocycles. The molecule has 0 aromatic carbocycles. The molecular weight excluding hydrogens is 194 g/mol. The molecular formula is C11H15NO3. The van der Waals surface area contributed by atoms with Crippen molar-refractivity contribution in [2.75, 3.05) is 0 Å². The number of rotatable bonds is 1. The standard InChI is InChI=1S/C11H15NO3/c1-8-5-6-9(7-12-8)14-10(13)15-11(2,3)4/h5-7H,1-4H3. The van der Waals surface area contributed by atoms with E-state index in [2.05, 4.69) is 4.98 Å². The monoisotopic (exact) mass is 209 g/mol. The predicted octanol–water partition coefficient (Wildman–Crippen LogP) is 2.70. The maximum atomic E-state index is 11.2. The first-order valence-electron chi connectivity index (χ1n) is 4.70. The molecule has 0 amide bonds. The zero-order chi connectivity index (χ0) is 11.5. The van der Waals surface area contributed by atoms with Crippen LogP contribution in [0, 0.1) is 6.92 Å². The highest BCUT2D eigenvalue weighted by atomic mass is 16.7. The average Bonchev–Trinajstić information content (AvgIpc) is 2.05. The van der Waals surface area contributed by atoms with Gasteiger partial charge in [-0.25, -0.2) is 4.79 Å². The molecule has 82 valence electrons. The number of nitrogens with zero attached hydrogens (tertiary/aromatic N) is 1. The van der Waals surface area contributed by atoms with Crippen molar-refractivity contribution in [3.8, 4) is 5.75 Å². The van der Waals surface area contributed by atoms with E-state index in [1.54, 1.807) is 32.9 Å². The van der Waals surface area contributed by atoms with Crippen LogP contribution in [0.2, 0.25) is 0 Å². The van der Waals surface area contributed by atoms with Gasteiger partial charge in [0.15, 0.2) is 5.75 Å². The van der Waals surface area contributed by atoms with Crippen LogP contribution < -0.4 is 4.74 Å². The van der Waals surface area contributed by atoms with E-state index in [1.165, 1.54) is 6.20 Å². The van der Waals surface area contributed by atoms with E-state index in [0.717, 1.165) is 5.69 Å². The van der Waals surface area contributed by atoms with Crippen molar-refractivity contribution in [1.29, 1.82) is 0 Å². The van der Waals surface area contributed by atoms with Crippen LogP contribution in [0.3, 0.4) is 0 Å². The zero-order valence-corrected chi connectivity index (χ0v) is 9.40. The molecule has 15 heavy (non-hydrogen) atoms. The molecule has 1 heterocycles. The summed E-state index contributed by atoms with van der Waals surface area (Å²) in [7, 11) is 0. The van der Waals surface area contributed by atoms with Gasteiger partial charge >= 0.3 is 6.16 Å². The predicted molar refractivity (Wildman–Crippen MR) is 55.8 cm³/mol. The van der Waals surface area contributed by atoms with Crippen LogP contribution in [0.4, 0.5) is 4.79 Å². The van der Waals surface area contributed by atoms with Crippen LogP contribution in [0.1, 0.15) is 26.5 Å². The molecule has 4 nitrogen and oxygen atoms in total. The first-order chi connectivity index (χ1) is 6.87. The summed E-state index contributed by atoms with van der Waals surface area (Å²) in [4.78, 5) is 15.2. The van der Waals surface area contributed by atoms with Gasteiger partial charge < -0.3 is 9.47 Å². The lowest BCUT2D eigenvalue weighted by atomic mass is 10.2. The lowest BCUT2D eigenvalue weighted by Gasteiger charge is -2.18. The molecule has 0 N–H and O–H groups in total. The van der Waals surface area contributed by atoms with Crippen LogP contribution in [0.25, 0.3) is 0 Å². The maximum absolute atomic E-state index is 11.2. The van der Waals surface area contributed by atoms with E-state index in [-0.39, 0.29) is 0 Å². The molecule has 0 atom stereocenters. The molecule has 0 saturated heterocycles. The van der Waals surface area contributed by atoms with Gasteiger partial charge in [0.05, 0.1) is 6.20 Å². The largest absolute Gasteiger partial charge is 0.514 e. The Bertz CT molecular complexity index is 338. The molecule has 4 heteroatoms. The van der Waals surface area contributed by atoms with Gasteiger partial charge in [-0.1, -0.05) is 0 Å². The minimum atomic E-state index is -0.715. The number of carbonyl (C=O) groups excluding carboxylic acids is 1. The van der Waals surface area contributed by atoms with E-state index in [9.17, 15) is 4.79 Å². The highest BCUT2D eigenvalue weighted by Crippen LogP contribution is 2.13. The topological polar surface area (TPSA) is 48.4 Å².